The van der Waals surface area contributed by atoms with Gasteiger partial charge in [0.15, 0.2) is 0 Å². The van der Waals surface area contributed by atoms with Crippen LogP contribution >= 0.6 is 11.8 Å². The summed E-state index contributed by atoms with van der Waals surface area (Å²) in [5, 5.41) is 10.6. The highest BCUT2D eigenvalue weighted by Gasteiger charge is 2.21. The number of amides is 1. The van der Waals surface area contributed by atoms with Gasteiger partial charge in [-0.25, -0.2) is 0 Å². The Morgan fingerprint density at radius 2 is 1.70 bits per heavy atom. The maximum atomic E-state index is 12.9. The average Bonchev–Trinajstić information content (AvgIpc) is 3.25. The first-order valence-corrected chi connectivity index (χ1v) is 10.9. The molecule has 0 spiro atoms. The second-order valence-electron chi connectivity index (χ2n) is 7.28. The van der Waals surface area contributed by atoms with E-state index in [2.05, 4.69) is 40.5 Å². The highest BCUT2D eigenvalue weighted by Crippen LogP contribution is 2.25. The lowest BCUT2D eigenvalue weighted by atomic mass is 10.1. The van der Waals surface area contributed by atoms with E-state index >= 15 is 0 Å². The SMILES string of the molecule is CC(C)N(Cc1nnc(-c2ccccc2)o1)C(=O)CSc1ccc2ccccc2c1. The van der Waals surface area contributed by atoms with Crippen molar-refractivity contribution in [1.29, 1.82) is 0 Å². The van der Waals surface area contributed by atoms with E-state index in [1.54, 1.807) is 16.7 Å². The summed E-state index contributed by atoms with van der Waals surface area (Å²) in [7, 11) is 0. The molecule has 30 heavy (non-hydrogen) atoms. The molecule has 0 unspecified atom stereocenters. The van der Waals surface area contributed by atoms with E-state index in [-0.39, 0.29) is 11.9 Å². The highest BCUT2D eigenvalue weighted by atomic mass is 32.2. The van der Waals surface area contributed by atoms with Crippen molar-refractivity contribution in [3.63, 3.8) is 0 Å². The van der Waals surface area contributed by atoms with Gasteiger partial charge in [-0.05, 0) is 48.9 Å². The molecule has 4 aromatic rings. The number of carbonyl (C=O) groups is 1. The molecule has 0 radical (unpaired) electrons. The molecule has 0 aliphatic heterocycles. The molecule has 152 valence electrons. The number of rotatable bonds is 7. The largest absolute Gasteiger partial charge is 0.419 e. The maximum Gasteiger partial charge on any atom is 0.247 e. The van der Waals surface area contributed by atoms with Crippen molar-refractivity contribution in [2.45, 2.75) is 31.3 Å². The normalized spacial score (nSPS) is 11.2. The smallest absolute Gasteiger partial charge is 0.247 e. The summed E-state index contributed by atoms with van der Waals surface area (Å²) in [6.07, 6.45) is 0. The molecule has 0 atom stereocenters. The Kier molecular flexibility index (Phi) is 6.14. The van der Waals surface area contributed by atoms with Crippen molar-refractivity contribution >= 4 is 28.4 Å². The Balaban J connectivity index is 1.42. The zero-order valence-electron chi connectivity index (χ0n) is 17.0. The molecule has 0 saturated carbocycles. The van der Waals surface area contributed by atoms with Gasteiger partial charge in [-0.3, -0.25) is 4.79 Å². The van der Waals surface area contributed by atoms with Crippen molar-refractivity contribution in [3.8, 4) is 11.5 Å². The fourth-order valence-corrected chi connectivity index (χ4v) is 4.04. The fraction of sp³-hybridized carbons (Fsp3) is 0.208. The molecule has 1 aromatic heterocycles. The monoisotopic (exact) mass is 417 g/mol. The maximum absolute atomic E-state index is 12.9. The van der Waals surface area contributed by atoms with Crippen LogP contribution in [0.3, 0.4) is 0 Å². The van der Waals surface area contributed by atoms with Gasteiger partial charge in [0.2, 0.25) is 17.7 Å². The van der Waals surface area contributed by atoms with E-state index in [0.29, 0.717) is 24.1 Å². The lowest BCUT2D eigenvalue weighted by molar-refractivity contribution is -0.131. The Morgan fingerprint density at radius 1 is 0.967 bits per heavy atom. The van der Waals surface area contributed by atoms with Gasteiger partial charge in [-0.15, -0.1) is 22.0 Å². The molecule has 5 nitrogen and oxygen atoms in total. The fourth-order valence-electron chi connectivity index (χ4n) is 3.20. The van der Waals surface area contributed by atoms with Gasteiger partial charge < -0.3 is 9.32 Å². The second kappa shape index (κ2) is 9.13. The number of aromatic nitrogens is 2. The van der Waals surface area contributed by atoms with Crippen molar-refractivity contribution in [3.05, 3.63) is 78.7 Å². The van der Waals surface area contributed by atoms with Crippen LogP contribution in [0, 0.1) is 0 Å². The summed E-state index contributed by atoms with van der Waals surface area (Å²) < 4.78 is 5.79. The molecule has 0 saturated heterocycles. The van der Waals surface area contributed by atoms with Crippen molar-refractivity contribution in [1.82, 2.24) is 15.1 Å². The molecule has 4 rings (SSSR count). The van der Waals surface area contributed by atoms with E-state index in [1.165, 1.54) is 10.8 Å². The van der Waals surface area contributed by atoms with Crippen LogP contribution in [0.25, 0.3) is 22.2 Å². The molecule has 0 N–H and O–H groups in total. The molecular formula is C24H23N3O2S. The van der Waals surface area contributed by atoms with Crippen LogP contribution in [-0.2, 0) is 11.3 Å². The van der Waals surface area contributed by atoms with Gasteiger partial charge in [0, 0.05) is 16.5 Å². The quantitative estimate of drug-likeness (QED) is 0.376. The number of hydrogen-bond donors (Lipinski definition) is 0. The van der Waals surface area contributed by atoms with E-state index < -0.39 is 0 Å². The molecule has 1 amide bonds. The first-order valence-electron chi connectivity index (χ1n) is 9.89. The van der Waals surface area contributed by atoms with Gasteiger partial charge in [-0.2, -0.15) is 0 Å². The van der Waals surface area contributed by atoms with Gasteiger partial charge >= 0.3 is 0 Å². The van der Waals surface area contributed by atoms with Crippen LogP contribution in [0.5, 0.6) is 0 Å². The Hall–Kier alpha value is -3.12. The topological polar surface area (TPSA) is 59.2 Å². The Labute approximate surface area is 180 Å². The third kappa shape index (κ3) is 4.71. The third-order valence-corrected chi connectivity index (χ3v) is 5.80. The highest BCUT2D eigenvalue weighted by molar-refractivity contribution is 8.00. The summed E-state index contributed by atoms with van der Waals surface area (Å²) in [6.45, 7) is 4.29. The van der Waals surface area contributed by atoms with Gasteiger partial charge in [0.05, 0.1) is 12.3 Å². The average molecular weight is 418 g/mol. The van der Waals surface area contributed by atoms with E-state index in [0.717, 1.165) is 10.5 Å². The van der Waals surface area contributed by atoms with Crippen molar-refractivity contribution < 1.29 is 9.21 Å². The van der Waals surface area contributed by atoms with Crippen LogP contribution in [-0.4, -0.2) is 32.8 Å². The summed E-state index contributed by atoms with van der Waals surface area (Å²) >= 11 is 1.54. The number of thioether (sulfide) groups is 1. The second-order valence-corrected chi connectivity index (χ2v) is 8.33. The zero-order valence-corrected chi connectivity index (χ0v) is 17.8. The summed E-state index contributed by atoms with van der Waals surface area (Å²) in [6, 6.07) is 24.1. The van der Waals surface area contributed by atoms with Crippen LogP contribution in [0.15, 0.2) is 82.1 Å². The van der Waals surface area contributed by atoms with Gasteiger partial charge in [0.25, 0.3) is 0 Å². The molecule has 6 heteroatoms. The minimum Gasteiger partial charge on any atom is -0.419 e. The minimum atomic E-state index is 0.0294. The van der Waals surface area contributed by atoms with E-state index in [9.17, 15) is 4.79 Å². The summed E-state index contributed by atoms with van der Waals surface area (Å²) in [4.78, 5) is 15.8. The van der Waals surface area contributed by atoms with E-state index in [4.69, 9.17) is 4.42 Å². The summed E-state index contributed by atoms with van der Waals surface area (Å²) in [5.41, 5.74) is 0.866. The molecule has 3 aromatic carbocycles. The minimum absolute atomic E-state index is 0.0294. The number of benzene rings is 3. The molecule has 1 heterocycles. The Morgan fingerprint density at radius 3 is 2.47 bits per heavy atom. The predicted octanol–water partition coefficient (Wildman–Crippen LogP) is 5.42. The molecular weight excluding hydrogens is 394 g/mol. The van der Waals surface area contributed by atoms with Crippen LogP contribution in [0.1, 0.15) is 19.7 Å². The van der Waals surface area contributed by atoms with Crippen LogP contribution < -0.4 is 0 Å². The first kappa shape index (κ1) is 20.2. The predicted molar refractivity (Wildman–Crippen MR) is 120 cm³/mol. The van der Waals surface area contributed by atoms with Crippen molar-refractivity contribution in [2.75, 3.05) is 5.75 Å². The lowest BCUT2D eigenvalue weighted by Gasteiger charge is -2.25. The van der Waals surface area contributed by atoms with E-state index in [1.807, 2.05) is 56.3 Å². The van der Waals surface area contributed by atoms with Crippen LogP contribution in [0.2, 0.25) is 0 Å². The molecule has 0 bridgehead atoms. The third-order valence-electron chi connectivity index (χ3n) is 4.82. The standard InChI is InChI=1S/C24H23N3O2S/c1-17(2)27(15-22-25-26-24(29-22)19-9-4-3-5-10-19)23(28)16-30-21-13-12-18-8-6-7-11-20(18)14-21/h3-14,17H,15-16H2,1-2H3. The number of carbonyl (C=O) groups excluding carboxylic acids is 1. The zero-order chi connectivity index (χ0) is 20.9. The number of fused-ring (bicyclic) bond motifs is 1. The lowest BCUT2D eigenvalue weighted by Crippen LogP contribution is -2.37. The number of hydrogen-bond acceptors (Lipinski definition) is 5. The number of nitrogens with zero attached hydrogens (tertiary/aromatic N) is 3. The van der Waals surface area contributed by atoms with Crippen molar-refractivity contribution in [2.24, 2.45) is 0 Å². The first-order chi connectivity index (χ1) is 14.6. The molecule has 0 aliphatic carbocycles. The molecule has 0 fully saturated rings. The Bertz CT molecular complexity index is 1140. The van der Waals surface area contributed by atoms with Crippen LogP contribution in [0.4, 0.5) is 0 Å². The molecule has 0 aliphatic rings. The van der Waals surface area contributed by atoms with Gasteiger partial charge in [-0.1, -0.05) is 48.5 Å². The summed E-state index contributed by atoms with van der Waals surface area (Å²) in [5.74, 6) is 1.30. The van der Waals surface area contributed by atoms with Gasteiger partial charge in [0.1, 0.15) is 0 Å².